The van der Waals surface area contributed by atoms with E-state index in [9.17, 15) is 37.8 Å². The first kappa shape index (κ1) is 20.3. The normalized spacial score (nSPS) is 37.4. The molecule has 0 aliphatic carbocycles. The predicted molar refractivity (Wildman–Crippen MR) is 90.7 cm³/mol. The van der Waals surface area contributed by atoms with Crippen molar-refractivity contribution in [2.24, 2.45) is 11.8 Å². The van der Waals surface area contributed by atoms with Crippen molar-refractivity contribution in [3.05, 3.63) is 29.3 Å². The first-order chi connectivity index (χ1) is 13.7. The lowest BCUT2D eigenvalue weighted by Gasteiger charge is -2.39. The minimum Gasteiger partial charge on any atom is -0.479 e. The fourth-order valence-corrected chi connectivity index (χ4v) is 5.17. The van der Waals surface area contributed by atoms with E-state index in [2.05, 4.69) is 0 Å². The van der Waals surface area contributed by atoms with E-state index >= 15 is 0 Å². The van der Waals surface area contributed by atoms with Crippen LogP contribution in [0.25, 0.3) is 0 Å². The standard InChI is InChI=1S/C19H15F3N2O6/c1-16-7-18(29,15(27)28)17(2,30-16)12-11(16)13(25)24(14(12)26)9-4-3-8(6-23)10(5-9)19(20,21)22/h3-5,11-12,29H,7H2,1-2H3,(H,27,28)/t11-,12+,16-,17+,18?/m1/s1. The summed E-state index contributed by atoms with van der Waals surface area (Å²) in [6.45, 7) is 2.61. The Morgan fingerprint density at radius 3 is 2.40 bits per heavy atom. The Kier molecular flexibility index (Phi) is 3.78. The molecule has 1 aromatic carbocycles. The monoisotopic (exact) mass is 424 g/mol. The Labute approximate surface area is 167 Å². The summed E-state index contributed by atoms with van der Waals surface area (Å²) in [6.07, 6.45) is -5.35. The maximum atomic E-state index is 13.3. The second kappa shape index (κ2) is 5.59. The maximum Gasteiger partial charge on any atom is 0.417 e. The molecule has 3 heterocycles. The van der Waals surface area contributed by atoms with Crippen LogP contribution in [0.3, 0.4) is 0 Å². The van der Waals surface area contributed by atoms with Gasteiger partial charge in [-0.3, -0.25) is 9.59 Å². The summed E-state index contributed by atoms with van der Waals surface area (Å²) in [4.78, 5) is 38.5. The Morgan fingerprint density at radius 1 is 1.27 bits per heavy atom. The summed E-state index contributed by atoms with van der Waals surface area (Å²) in [7, 11) is 0. The van der Waals surface area contributed by atoms with Gasteiger partial charge in [-0.15, -0.1) is 0 Å². The first-order valence-electron chi connectivity index (χ1n) is 8.86. The molecule has 11 heteroatoms. The number of rotatable bonds is 2. The van der Waals surface area contributed by atoms with E-state index in [0.717, 1.165) is 12.1 Å². The predicted octanol–water partition coefficient (Wildman–Crippen LogP) is 1.45. The molecule has 0 saturated carbocycles. The zero-order valence-electron chi connectivity index (χ0n) is 15.6. The molecule has 8 nitrogen and oxygen atoms in total. The zero-order valence-corrected chi connectivity index (χ0v) is 15.6. The molecule has 0 aromatic heterocycles. The number of carboxylic acids is 1. The first-order valence-corrected chi connectivity index (χ1v) is 8.86. The van der Waals surface area contributed by atoms with Crippen LogP contribution < -0.4 is 4.90 Å². The number of alkyl halides is 3. The Morgan fingerprint density at radius 2 is 1.87 bits per heavy atom. The largest absolute Gasteiger partial charge is 0.479 e. The van der Waals surface area contributed by atoms with E-state index in [1.54, 1.807) is 0 Å². The molecule has 3 saturated heterocycles. The number of fused-ring (bicyclic) bond motifs is 5. The van der Waals surface area contributed by atoms with Gasteiger partial charge in [-0.2, -0.15) is 18.4 Å². The zero-order chi connectivity index (χ0) is 22.4. The quantitative estimate of drug-likeness (QED) is 0.688. The van der Waals surface area contributed by atoms with Gasteiger partial charge in [0.1, 0.15) is 5.60 Å². The number of hydrogen-bond donors (Lipinski definition) is 2. The second-order valence-corrected chi connectivity index (χ2v) is 8.17. The number of amides is 2. The van der Waals surface area contributed by atoms with Gasteiger partial charge in [0.25, 0.3) is 0 Å². The van der Waals surface area contributed by atoms with Crippen LogP contribution >= 0.6 is 0 Å². The molecule has 2 N–H and O–H groups in total. The molecule has 158 valence electrons. The van der Waals surface area contributed by atoms with Crippen LogP contribution in [0.1, 0.15) is 31.4 Å². The van der Waals surface area contributed by atoms with Crippen molar-refractivity contribution in [2.45, 2.75) is 43.2 Å². The highest BCUT2D eigenvalue weighted by Crippen LogP contribution is 2.64. The molecule has 1 unspecified atom stereocenters. The molecule has 2 amide bonds. The number of benzene rings is 1. The van der Waals surface area contributed by atoms with Crippen LogP contribution in [0, 0.1) is 23.2 Å². The summed E-state index contributed by atoms with van der Waals surface area (Å²) in [5, 5.41) is 29.2. The number of imide groups is 1. The highest BCUT2D eigenvalue weighted by molar-refractivity contribution is 6.23. The van der Waals surface area contributed by atoms with Crippen molar-refractivity contribution >= 4 is 23.5 Å². The lowest BCUT2D eigenvalue weighted by molar-refractivity contribution is -0.182. The highest BCUT2D eigenvalue weighted by atomic mass is 19.4. The smallest absolute Gasteiger partial charge is 0.417 e. The van der Waals surface area contributed by atoms with Gasteiger partial charge in [0.05, 0.1) is 40.3 Å². The minimum absolute atomic E-state index is 0.392. The summed E-state index contributed by atoms with van der Waals surface area (Å²) in [6, 6.07) is 3.85. The number of carbonyl (C=O) groups is 3. The third kappa shape index (κ3) is 2.20. The number of aliphatic hydroxyl groups is 1. The van der Waals surface area contributed by atoms with Gasteiger partial charge in [0.2, 0.25) is 11.8 Å². The van der Waals surface area contributed by atoms with Crippen molar-refractivity contribution in [1.29, 1.82) is 5.26 Å². The lowest BCUT2D eigenvalue weighted by atomic mass is 9.61. The van der Waals surface area contributed by atoms with E-state index in [4.69, 9.17) is 10.00 Å². The minimum atomic E-state index is -4.90. The van der Waals surface area contributed by atoms with E-state index in [0.29, 0.717) is 11.0 Å². The number of hydrogen-bond acceptors (Lipinski definition) is 6. The van der Waals surface area contributed by atoms with Gasteiger partial charge in [-0.05, 0) is 32.0 Å². The molecular weight excluding hydrogens is 409 g/mol. The van der Waals surface area contributed by atoms with Crippen LogP contribution in [-0.2, 0) is 25.3 Å². The molecule has 2 bridgehead atoms. The SMILES string of the molecule is C[C@]12CC(O)(C(=O)O)[C@@](C)(O1)[C@@H]1C(=O)N(c3ccc(C#N)c(C(F)(F)F)c3)C(=O)[C@@H]12. The molecule has 3 fully saturated rings. The summed E-state index contributed by atoms with van der Waals surface area (Å²) < 4.78 is 45.7. The van der Waals surface area contributed by atoms with Gasteiger partial charge in [-0.25, -0.2) is 9.69 Å². The molecule has 3 aliphatic heterocycles. The third-order valence-electron chi connectivity index (χ3n) is 6.47. The molecular formula is C19H15F3N2O6. The van der Waals surface area contributed by atoms with Gasteiger partial charge in [0.15, 0.2) is 5.60 Å². The topological polar surface area (TPSA) is 128 Å². The Hall–Kier alpha value is -2.97. The van der Waals surface area contributed by atoms with Crippen molar-refractivity contribution in [1.82, 2.24) is 0 Å². The van der Waals surface area contributed by atoms with Crippen molar-refractivity contribution in [2.75, 3.05) is 4.90 Å². The number of carbonyl (C=O) groups excluding carboxylic acids is 2. The third-order valence-corrected chi connectivity index (χ3v) is 6.47. The van der Waals surface area contributed by atoms with Crippen LogP contribution in [0.15, 0.2) is 18.2 Å². The molecule has 0 spiro atoms. The van der Waals surface area contributed by atoms with Crippen LogP contribution in [0.4, 0.5) is 18.9 Å². The number of anilines is 1. The van der Waals surface area contributed by atoms with Crippen molar-refractivity contribution in [3.63, 3.8) is 0 Å². The van der Waals surface area contributed by atoms with E-state index < -0.39 is 75.8 Å². The average Bonchev–Trinajstić information content (AvgIpc) is 3.13. The number of nitrogens with zero attached hydrogens (tertiary/aromatic N) is 2. The lowest BCUT2D eigenvalue weighted by Crippen LogP contribution is -2.62. The summed E-state index contributed by atoms with van der Waals surface area (Å²) in [5.41, 5.74) is -8.26. The molecule has 3 aliphatic rings. The van der Waals surface area contributed by atoms with Gasteiger partial charge < -0.3 is 14.9 Å². The van der Waals surface area contributed by atoms with Gasteiger partial charge in [0, 0.05) is 6.42 Å². The van der Waals surface area contributed by atoms with Gasteiger partial charge in [-0.1, -0.05) is 0 Å². The van der Waals surface area contributed by atoms with Crippen molar-refractivity contribution in [3.8, 4) is 6.07 Å². The number of halogens is 3. The Bertz CT molecular complexity index is 1070. The van der Waals surface area contributed by atoms with Crippen LogP contribution in [0.5, 0.6) is 0 Å². The van der Waals surface area contributed by atoms with Crippen molar-refractivity contribution < 1.29 is 42.5 Å². The fraction of sp³-hybridized carbons (Fsp3) is 0.474. The molecule has 0 radical (unpaired) electrons. The summed E-state index contributed by atoms with van der Waals surface area (Å²) >= 11 is 0. The van der Waals surface area contributed by atoms with Crippen LogP contribution in [-0.4, -0.2) is 44.8 Å². The van der Waals surface area contributed by atoms with Gasteiger partial charge >= 0.3 is 12.1 Å². The summed E-state index contributed by atoms with van der Waals surface area (Å²) in [5.74, 6) is -5.99. The fourth-order valence-electron chi connectivity index (χ4n) is 5.17. The van der Waals surface area contributed by atoms with E-state index in [1.165, 1.54) is 19.9 Å². The molecule has 5 atom stereocenters. The maximum absolute atomic E-state index is 13.3. The van der Waals surface area contributed by atoms with Crippen LogP contribution in [0.2, 0.25) is 0 Å². The molecule has 4 rings (SSSR count). The number of nitriles is 1. The number of aliphatic carboxylic acids is 1. The highest BCUT2D eigenvalue weighted by Gasteiger charge is 2.82. The average molecular weight is 424 g/mol. The number of ether oxygens (including phenoxy) is 1. The molecule has 1 aromatic rings. The van der Waals surface area contributed by atoms with E-state index in [-0.39, 0.29) is 0 Å². The van der Waals surface area contributed by atoms with E-state index in [1.807, 2.05) is 0 Å². The second-order valence-electron chi connectivity index (χ2n) is 8.17. The molecule has 30 heavy (non-hydrogen) atoms. The number of carboxylic acid groups (broad SMARTS) is 1. The Balaban J connectivity index is 1.83.